The van der Waals surface area contributed by atoms with Crippen LogP contribution in [0.2, 0.25) is 0 Å². The summed E-state index contributed by atoms with van der Waals surface area (Å²) in [4.78, 5) is 0. The molecule has 92 valence electrons. The van der Waals surface area contributed by atoms with E-state index >= 15 is 0 Å². The predicted octanol–water partition coefficient (Wildman–Crippen LogP) is 2.29. The maximum Gasteiger partial charge on any atom is 0.419 e. The monoisotopic (exact) mass is 235 g/mol. The number of nitrogens with zero attached hydrogens (tertiary/aromatic N) is 2. The van der Waals surface area contributed by atoms with Gasteiger partial charge in [0.15, 0.2) is 0 Å². The average Bonchev–Trinajstić information content (AvgIpc) is 2.63. The first kappa shape index (κ1) is 13.0. The van der Waals surface area contributed by atoms with Gasteiger partial charge in [-0.2, -0.15) is 18.3 Å². The fourth-order valence-electron chi connectivity index (χ4n) is 1.41. The molecule has 0 spiro atoms. The van der Waals surface area contributed by atoms with Gasteiger partial charge in [0.05, 0.1) is 11.8 Å². The molecule has 0 aliphatic carbocycles. The van der Waals surface area contributed by atoms with Crippen LogP contribution in [0.25, 0.3) is 0 Å². The maximum atomic E-state index is 12.3. The van der Waals surface area contributed by atoms with Crippen LogP contribution in [0, 0.1) is 0 Å². The first-order valence-corrected chi connectivity index (χ1v) is 5.26. The highest BCUT2D eigenvalue weighted by atomic mass is 19.4. The minimum Gasteiger partial charge on any atom is -0.314 e. The number of aryl methyl sites for hydroxylation is 1. The zero-order valence-electron chi connectivity index (χ0n) is 9.38. The Morgan fingerprint density at radius 3 is 2.69 bits per heavy atom. The van der Waals surface area contributed by atoms with Crippen LogP contribution < -0.4 is 5.32 Å². The summed E-state index contributed by atoms with van der Waals surface area (Å²) in [5.41, 5.74) is -0.691. The SMILES string of the molecule is CCNC(C)CCn1cc(C(F)(F)F)cn1. The number of alkyl halides is 3. The fourth-order valence-corrected chi connectivity index (χ4v) is 1.41. The van der Waals surface area contributed by atoms with Crippen molar-refractivity contribution < 1.29 is 13.2 Å². The van der Waals surface area contributed by atoms with Gasteiger partial charge in [-0.3, -0.25) is 4.68 Å². The lowest BCUT2D eigenvalue weighted by Gasteiger charge is -2.11. The van der Waals surface area contributed by atoms with Crippen LogP contribution in [0.4, 0.5) is 13.2 Å². The third-order valence-corrected chi connectivity index (χ3v) is 2.30. The third kappa shape index (κ3) is 3.84. The lowest BCUT2D eigenvalue weighted by atomic mass is 10.2. The van der Waals surface area contributed by atoms with Gasteiger partial charge < -0.3 is 5.32 Å². The Hall–Kier alpha value is -1.04. The van der Waals surface area contributed by atoms with Gasteiger partial charge in [-0.05, 0) is 19.9 Å². The van der Waals surface area contributed by atoms with E-state index in [1.54, 1.807) is 0 Å². The molecule has 0 saturated heterocycles. The summed E-state index contributed by atoms with van der Waals surface area (Å²) in [6.07, 6.45) is -1.64. The van der Waals surface area contributed by atoms with E-state index in [2.05, 4.69) is 10.4 Å². The summed E-state index contributed by atoms with van der Waals surface area (Å²) in [6, 6.07) is 0.281. The molecule has 0 aromatic carbocycles. The molecule has 1 aromatic rings. The van der Waals surface area contributed by atoms with Crippen LogP contribution >= 0.6 is 0 Å². The van der Waals surface area contributed by atoms with Crippen LogP contribution in [0.15, 0.2) is 12.4 Å². The molecular weight excluding hydrogens is 219 g/mol. The smallest absolute Gasteiger partial charge is 0.314 e. The Labute approximate surface area is 92.6 Å². The van der Waals surface area contributed by atoms with Crippen LogP contribution in [0.3, 0.4) is 0 Å². The molecule has 1 atom stereocenters. The Bertz CT molecular complexity index is 319. The van der Waals surface area contributed by atoms with Gasteiger partial charge >= 0.3 is 6.18 Å². The van der Waals surface area contributed by atoms with Gasteiger partial charge in [0, 0.05) is 18.8 Å². The number of hydrogen-bond acceptors (Lipinski definition) is 2. The Balaban J connectivity index is 2.47. The van der Waals surface area contributed by atoms with Crippen molar-refractivity contribution in [3.63, 3.8) is 0 Å². The van der Waals surface area contributed by atoms with Gasteiger partial charge in [0.2, 0.25) is 0 Å². The lowest BCUT2D eigenvalue weighted by Crippen LogP contribution is -2.26. The minimum atomic E-state index is -4.30. The van der Waals surface area contributed by atoms with E-state index in [0.717, 1.165) is 25.4 Å². The molecule has 1 unspecified atom stereocenters. The zero-order chi connectivity index (χ0) is 12.2. The third-order valence-electron chi connectivity index (χ3n) is 2.30. The molecule has 0 bridgehead atoms. The van der Waals surface area contributed by atoms with Crippen molar-refractivity contribution in [3.05, 3.63) is 18.0 Å². The van der Waals surface area contributed by atoms with E-state index in [-0.39, 0.29) is 6.04 Å². The van der Waals surface area contributed by atoms with E-state index in [1.165, 1.54) is 4.68 Å². The van der Waals surface area contributed by atoms with Crippen LogP contribution in [0.1, 0.15) is 25.8 Å². The van der Waals surface area contributed by atoms with E-state index in [4.69, 9.17) is 0 Å². The second-order valence-electron chi connectivity index (χ2n) is 3.74. The summed E-state index contributed by atoms with van der Waals surface area (Å²) in [5, 5.41) is 6.87. The largest absolute Gasteiger partial charge is 0.419 e. The molecule has 1 rings (SSSR count). The number of hydrogen-bond donors (Lipinski definition) is 1. The van der Waals surface area contributed by atoms with Gasteiger partial charge in [0.25, 0.3) is 0 Å². The van der Waals surface area contributed by atoms with Gasteiger partial charge in [-0.15, -0.1) is 0 Å². The van der Waals surface area contributed by atoms with Gasteiger partial charge in [-0.25, -0.2) is 0 Å². The van der Waals surface area contributed by atoms with Crippen molar-refractivity contribution in [3.8, 4) is 0 Å². The van der Waals surface area contributed by atoms with Crippen molar-refractivity contribution in [2.75, 3.05) is 6.54 Å². The van der Waals surface area contributed by atoms with Crippen LogP contribution in [-0.2, 0) is 12.7 Å². The average molecular weight is 235 g/mol. The molecular formula is C10H16F3N3. The molecule has 0 fully saturated rings. The van der Waals surface area contributed by atoms with Crippen molar-refractivity contribution in [2.45, 2.75) is 39.0 Å². The molecule has 3 nitrogen and oxygen atoms in total. The molecule has 0 aliphatic heterocycles. The van der Waals surface area contributed by atoms with Crippen molar-refractivity contribution in [2.24, 2.45) is 0 Å². The summed E-state index contributed by atoms with van der Waals surface area (Å²) in [7, 11) is 0. The molecule has 16 heavy (non-hydrogen) atoms. The molecule has 0 amide bonds. The molecule has 1 aromatic heterocycles. The number of rotatable bonds is 5. The first-order chi connectivity index (χ1) is 7.43. The van der Waals surface area contributed by atoms with E-state index in [9.17, 15) is 13.2 Å². The highest BCUT2D eigenvalue weighted by Gasteiger charge is 2.32. The van der Waals surface area contributed by atoms with E-state index < -0.39 is 11.7 Å². The first-order valence-electron chi connectivity index (χ1n) is 5.26. The summed E-state index contributed by atoms with van der Waals surface area (Å²) < 4.78 is 38.1. The number of nitrogens with one attached hydrogen (secondary N) is 1. The fraction of sp³-hybridized carbons (Fsp3) is 0.700. The number of halogens is 3. The van der Waals surface area contributed by atoms with E-state index in [0.29, 0.717) is 6.54 Å². The van der Waals surface area contributed by atoms with Gasteiger partial charge in [-0.1, -0.05) is 6.92 Å². The molecule has 0 saturated carbocycles. The molecule has 1 N–H and O–H groups in total. The molecule has 1 heterocycles. The normalized spacial score (nSPS) is 14.1. The highest BCUT2D eigenvalue weighted by molar-refractivity contribution is 5.08. The summed E-state index contributed by atoms with van der Waals surface area (Å²) in [5.74, 6) is 0. The Morgan fingerprint density at radius 1 is 1.50 bits per heavy atom. The summed E-state index contributed by atoms with van der Waals surface area (Å²) in [6.45, 7) is 5.34. The van der Waals surface area contributed by atoms with Crippen molar-refractivity contribution >= 4 is 0 Å². The second kappa shape index (κ2) is 5.34. The topological polar surface area (TPSA) is 29.9 Å². The number of aromatic nitrogens is 2. The Morgan fingerprint density at radius 2 is 2.19 bits per heavy atom. The quantitative estimate of drug-likeness (QED) is 0.848. The maximum absolute atomic E-state index is 12.3. The van der Waals surface area contributed by atoms with Crippen LogP contribution in [-0.4, -0.2) is 22.4 Å². The standard InChI is InChI=1S/C10H16F3N3/c1-3-14-8(2)4-5-16-7-9(6-15-16)10(11,12)13/h6-8,14H,3-5H2,1-2H3. The van der Waals surface area contributed by atoms with Gasteiger partial charge in [0.1, 0.15) is 0 Å². The molecule has 0 aliphatic rings. The highest BCUT2D eigenvalue weighted by Crippen LogP contribution is 2.28. The minimum absolute atomic E-state index is 0.281. The lowest BCUT2D eigenvalue weighted by molar-refractivity contribution is -0.137. The Kier molecular flexibility index (Phi) is 4.35. The zero-order valence-corrected chi connectivity index (χ0v) is 9.38. The second-order valence-corrected chi connectivity index (χ2v) is 3.74. The summed E-state index contributed by atoms with van der Waals surface area (Å²) >= 11 is 0. The van der Waals surface area contributed by atoms with E-state index in [1.807, 2.05) is 13.8 Å². The molecule has 0 radical (unpaired) electrons. The van der Waals surface area contributed by atoms with Crippen molar-refractivity contribution in [1.29, 1.82) is 0 Å². The molecule has 6 heteroatoms. The van der Waals surface area contributed by atoms with Crippen LogP contribution in [0.5, 0.6) is 0 Å². The van der Waals surface area contributed by atoms with Crippen molar-refractivity contribution in [1.82, 2.24) is 15.1 Å². The predicted molar refractivity (Wildman–Crippen MR) is 55.0 cm³/mol.